The van der Waals surface area contributed by atoms with Gasteiger partial charge < -0.3 is 21.5 Å². The highest BCUT2D eigenvalue weighted by molar-refractivity contribution is 5.99. The molecule has 0 spiro atoms. The van der Waals surface area contributed by atoms with Crippen molar-refractivity contribution in [3.05, 3.63) is 23.8 Å². The van der Waals surface area contributed by atoms with Crippen molar-refractivity contribution in [1.29, 1.82) is 0 Å². The molecule has 1 aromatic rings. The zero-order valence-electron chi connectivity index (χ0n) is 10.3. The molecule has 98 valence electrons. The van der Waals surface area contributed by atoms with Crippen LogP contribution in [0, 0.1) is 5.92 Å². The molecule has 5 heteroatoms. The van der Waals surface area contributed by atoms with Crippen molar-refractivity contribution in [3.8, 4) is 0 Å². The Labute approximate surface area is 106 Å². The molecular weight excluding hydrogens is 230 g/mol. The molecule has 1 saturated heterocycles. The number of anilines is 2. The third-order valence-electron chi connectivity index (χ3n) is 3.14. The smallest absolute Gasteiger partial charge is 0.250 e. The Morgan fingerprint density at radius 3 is 3.00 bits per heavy atom. The zero-order valence-corrected chi connectivity index (χ0v) is 10.3. The average molecular weight is 249 g/mol. The van der Waals surface area contributed by atoms with Crippen LogP contribution in [0.15, 0.2) is 18.2 Å². The van der Waals surface area contributed by atoms with E-state index in [2.05, 4.69) is 5.32 Å². The minimum atomic E-state index is -0.447. The number of nitrogens with two attached hydrogens (primary N) is 2. The topological polar surface area (TPSA) is 90.4 Å². The minimum Gasteiger partial charge on any atom is -0.399 e. The number of amides is 1. The highest BCUT2D eigenvalue weighted by Crippen LogP contribution is 2.21. The fourth-order valence-electron chi connectivity index (χ4n) is 2.15. The van der Waals surface area contributed by atoms with Crippen molar-refractivity contribution >= 4 is 17.3 Å². The molecule has 1 fully saturated rings. The van der Waals surface area contributed by atoms with Crippen molar-refractivity contribution in [3.63, 3.8) is 0 Å². The predicted octanol–water partition coefficient (Wildman–Crippen LogP) is 1.21. The van der Waals surface area contributed by atoms with Crippen LogP contribution in [-0.2, 0) is 4.74 Å². The molecule has 2 rings (SSSR count). The summed E-state index contributed by atoms with van der Waals surface area (Å²) in [6, 6.07) is 5.07. The number of benzene rings is 1. The van der Waals surface area contributed by atoms with Crippen LogP contribution in [0.3, 0.4) is 0 Å². The Balaban J connectivity index is 2.03. The molecule has 1 aliphatic rings. The molecular formula is C13H19N3O2. The third kappa shape index (κ3) is 3.13. The number of hydrogen-bond acceptors (Lipinski definition) is 4. The van der Waals surface area contributed by atoms with Crippen LogP contribution in [0.5, 0.6) is 0 Å². The van der Waals surface area contributed by atoms with Gasteiger partial charge in [-0.3, -0.25) is 4.79 Å². The van der Waals surface area contributed by atoms with Gasteiger partial charge in [-0.05, 0) is 37.0 Å². The van der Waals surface area contributed by atoms with Gasteiger partial charge >= 0.3 is 0 Å². The summed E-state index contributed by atoms with van der Waals surface area (Å²) < 4.78 is 5.42. The van der Waals surface area contributed by atoms with Gasteiger partial charge in [-0.15, -0.1) is 0 Å². The number of primary amides is 1. The Kier molecular flexibility index (Phi) is 4.04. The number of ether oxygens (including phenoxy) is 1. The summed E-state index contributed by atoms with van der Waals surface area (Å²) in [5, 5.41) is 3.24. The van der Waals surface area contributed by atoms with Crippen LogP contribution in [0.4, 0.5) is 11.4 Å². The van der Waals surface area contributed by atoms with Gasteiger partial charge in [0.25, 0.3) is 5.91 Å². The third-order valence-corrected chi connectivity index (χ3v) is 3.14. The first-order valence-corrected chi connectivity index (χ1v) is 6.18. The number of rotatable bonds is 4. The highest BCUT2D eigenvalue weighted by Gasteiger charge is 2.15. The fraction of sp³-hybridized carbons (Fsp3) is 0.462. The van der Waals surface area contributed by atoms with E-state index in [4.69, 9.17) is 16.2 Å². The maximum Gasteiger partial charge on any atom is 0.250 e. The van der Waals surface area contributed by atoms with Crippen LogP contribution >= 0.6 is 0 Å². The molecule has 1 aromatic carbocycles. The molecule has 18 heavy (non-hydrogen) atoms. The monoisotopic (exact) mass is 249 g/mol. The largest absolute Gasteiger partial charge is 0.399 e. The normalized spacial score (nSPS) is 19.4. The Hall–Kier alpha value is -1.75. The van der Waals surface area contributed by atoms with Crippen molar-refractivity contribution < 1.29 is 9.53 Å². The van der Waals surface area contributed by atoms with Crippen molar-refractivity contribution in [2.45, 2.75) is 12.8 Å². The summed E-state index contributed by atoms with van der Waals surface area (Å²) in [7, 11) is 0. The van der Waals surface area contributed by atoms with E-state index in [1.54, 1.807) is 18.2 Å². The standard InChI is InChI=1S/C13H19N3O2/c14-10-3-4-11(13(15)17)12(6-10)16-7-9-2-1-5-18-8-9/h3-4,6,9,16H,1-2,5,7-8,14H2,(H2,15,17). The molecule has 5 nitrogen and oxygen atoms in total. The second kappa shape index (κ2) is 5.73. The molecule has 0 radical (unpaired) electrons. The average Bonchev–Trinajstić information content (AvgIpc) is 2.37. The summed E-state index contributed by atoms with van der Waals surface area (Å²) in [4.78, 5) is 11.3. The van der Waals surface area contributed by atoms with Gasteiger partial charge in [0, 0.05) is 24.5 Å². The number of nitrogens with one attached hydrogen (secondary N) is 1. The van der Waals surface area contributed by atoms with E-state index < -0.39 is 5.91 Å². The van der Waals surface area contributed by atoms with Crippen molar-refractivity contribution in [1.82, 2.24) is 0 Å². The van der Waals surface area contributed by atoms with E-state index in [9.17, 15) is 4.79 Å². The lowest BCUT2D eigenvalue weighted by Gasteiger charge is -2.23. The van der Waals surface area contributed by atoms with Gasteiger partial charge in [-0.25, -0.2) is 0 Å². The summed E-state index contributed by atoms with van der Waals surface area (Å²) in [5.74, 6) is 0.0262. The van der Waals surface area contributed by atoms with Crippen LogP contribution in [0.25, 0.3) is 0 Å². The molecule has 0 aliphatic carbocycles. The molecule has 5 N–H and O–H groups in total. The lowest BCUT2D eigenvalue weighted by Crippen LogP contribution is -2.25. The summed E-state index contributed by atoms with van der Waals surface area (Å²) >= 11 is 0. The summed E-state index contributed by atoms with van der Waals surface area (Å²) in [6.07, 6.45) is 2.23. The van der Waals surface area contributed by atoms with Gasteiger partial charge in [0.1, 0.15) is 0 Å². The van der Waals surface area contributed by atoms with Gasteiger partial charge in [-0.2, -0.15) is 0 Å². The highest BCUT2D eigenvalue weighted by atomic mass is 16.5. The molecule has 0 bridgehead atoms. The van der Waals surface area contributed by atoms with Crippen LogP contribution in [-0.4, -0.2) is 25.7 Å². The van der Waals surface area contributed by atoms with E-state index >= 15 is 0 Å². The summed E-state index contributed by atoms with van der Waals surface area (Å²) in [5.41, 5.74) is 12.8. The van der Waals surface area contributed by atoms with E-state index in [1.165, 1.54) is 0 Å². The van der Waals surface area contributed by atoms with Crippen LogP contribution in [0.2, 0.25) is 0 Å². The summed E-state index contributed by atoms with van der Waals surface area (Å²) in [6.45, 7) is 2.38. The van der Waals surface area contributed by atoms with Crippen molar-refractivity contribution in [2.75, 3.05) is 30.8 Å². The zero-order chi connectivity index (χ0) is 13.0. The Morgan fingerprint density at radius 1 is 1.50 bits per heavy atom. The first-order chi connectivity index (χ1) is 8.66. The molecule has 1 atom stereocenters. The molecule has 1 unspecified atom stereocenters. The molecule has 1 aliphatic heterocycles. The maximum atomic E-state index is 11.3. The van der Waals surface area contributed by atoms with Gasteiger partial charge in [0.15, 0.2) is 0 Å². The Morgan fingerprint density at radius 2 is 2.33 bits per heavy atom. The lowest BCUT2D eigenvalue weighted by atomic mass is 10.0. The SMILES string of the molecule is NC(=O)c1ccc(N)cc1NCC1CCCOC1. The molecule has 0 aromatic heterocycles. The number of carbonyl (C=O) groups excluding carboxylic acids is 1. The number of hydrogen-bond donors (Lipinski definition) is 3. The van der Waals surface area contributed by atoms with Crippen LogP contribution < -0.4 is 16.8 Å². The maximum absolute atomic E-state index is 11.3. The van der Waals surface area contributed by atoms with Crippen molar-refractivity contribution in [2.24, 2.45) is 11.7 Å². The Bertz CT molecular complexity index is 428. The fourth-order valence-corrected chi connectivity index (χ4v) is 2.15. The van der Waals surface area contributed by atoms with Gasteiger partial charge in [0.2, 0.25) is 0 Å². The molecule has 0 saturated carbocycles. The van der Waals surface area contributed by atoms with E-state index in [1.807, 2.05) is 0 Å². The van der Waals surface area contributed by atoms with E-state index in [-0.39, 0.29) is 0 Å². The first-order valence-electron chi connectivity index (χ1n) is 6.18. The van der Waals surface area contributed by atoms with Gasteiger partial charge in [-0.1, -0.05) is 0 Å². The number of carbonyl (C=O) groups is 1. The second-order valence-electron chi connectivity index (χ2n) is 4.63. The first kappa shape index (κ1) is 12.7. The van der Waals surface area contributed by atoms with E-state index in [0.29, 0.717) is 22.9 Å². The minimum absolute atomic E-state index is 0.447. The molecule has 1 heterocycles. The quantitative estimate of drug-likeness (QED) is 0.699. The number of nitrogen functional groups attached to an aromatic ring is 1. The lowest BCUT2D eigenvalue weighted by molar-refractivity contribution is 0.0595. The molecule has 1 amide bonds. The predicted molar refractivity (Wildman–Crippen MR) is 71.4 cm³/mol. The van der Waals surface area contributed by atoms with Gasteiger partial charge in [0.05, 0.1) is 12.2 Å². The second-order valence-corrected chi connectivity index (χ2v) is 4.63. The van der Waals surface area contributed by atoms with Crippen LogP contribution in [0.1, 0.15) is 23.2 Å². The van der Waals surface area contributed by atoms with E-state index in [0.717, 1.165) is 32.6 Å².